The number of halogens is 1. The Morgan fingerprint density at radius 2 is 2.03 bits per heavy atom. The quantitative estimate of drug-likeness (QED) is 0.559. The fraction of sp³-hybridized carbons (Fsp3) is 0.391. The third-order valence-corrected chi connectivity index (χ3v) is 6.28. The highest BCUT2D eigenvalue weighted by molar-refractivity contribution is 7.92. The molecule has 0 spiro atoms. The van der Waals surface area contributed by atoms with Gasteiger partial charge in [0.15, 0.2) is 6.10 Å². The second kappa shape index (κ2) is 8.97. The van der Waals surface area contributed by atoms with Crippen LogP contribution in [0.25, 0.3) is 10.9 Å². The lowest BCUT2D eigenvalue weighted by Crippen LogP contribution is -2.32. The molecule has 11 heteroatoms. The van der Waals surface area contributed by atoms with E-state index in [9.17, 15) is 8.60 Å². The van der Waals surface area contributed by atoms with Gasteiger partial charge in [0.25, 0.3) is 0 Å². The van der Waals surface area contributed by atoms with Gasteiger partial charge in [-0.2, -0.15) is 4.36 Å². The lowest BCUT2D eigenvalue weighted by atomic mass is 10.1. The van der Waals surface area contributed by atoms with E-state index in [1.54, 1.807) is 30.7 Å². The summed E-state index contributed by atoms with van der Waals surface area (Å²) in [6, 6.07) is 7.64. The van der Waals surface area contributed by atoms with Crippen LogP contribution in [-0.4, -0.2) is 65.3 Å². The minimum absolute atomic E-state index is 0.00517. The average Bonchev–Trinajstić information content (AvgIpc) is 3.39. The zero-order valence-corrected chi connectivity index (χ0v) is 19.8. The van der Waals surface area contributed by atoms with Crippen LogP contribution in [0.5, 0.6) is 11.5 Å². The maximum Gasteiger partial charge on any atom is 0.151 e. The van der Waals surface area contributed by atoms with Gasteiger partial charge in [-0.15, -0.1) is 0 Å². The van der Waals surface area contributed by atoms with Crippen LogP contribution in [-0.2, 0) is 19.2 Å². The van der Waals surface area contributed by atoms with Crippen molar-refractivity contribution in [2.45, 2.75) is 24.7 Å². The van der Waals surface area contributed by atoms with Crippen molar-refractivity contribution in [3.05, 3.63) is 42.5 Å². The van der Waals surface area contributed by atoms with Crippen molar-refractivity contribution in [1.82, 2.24) is 9.97 Å². The zero-order valence-electron chi connectivity index (χ0n) is 19.0. The summed E-state index contributed by atoms with van der Waals surface area (Å²) < 4.78 is 53.8. The molecular weight excluding hydrogens is 463 g/mol. The molecule has 0 bridgehead atoms. The lowest BCUT2D eigenvalue weighted by Gasteiger charge is -2.21. The van der Waals surface area contributed by atoms with E-state index in [0.29, 0.717) is 52.8 Å². The van der Waals surface area contributed by atoms with Crippen LogP contribution in [0.1, 0.15) is 6.42 Å². The van der Waals surface area contributed by atoms with Crippen LogP contribution in [0.2, 0.25) is 0 Å². The van der Waals surface area contributed by atoms with Gasteiger partial charge in [0.1, 0.15) is 35.6 Å². The van der Waals surface area contributed by atoms with Crippen molar-refractivity contribution in [3.8, 4) is 11.5 Å². The van der Waals surface area contributed by atoms with Crippen LogP contribution in [0.4, 0.5) is 21.6 Å². The Morgan fingerprint density at radius 1 is 1.18 bits per heavy atom. The van der Waals surface area contributed by atoms with Crippen molar-refractivity contribution in [3.63, 3.8) is 0 Å². The Kier molecular flexibility index (Phi) is 6.00. The molecule has 0 saturated carbocycles. The van der Waals surface area contributed by atoms with Crippen molar-refractivity contribution in [2.24, 2.45) is 4.36 Å². The van der Waals surface area contributed by atoms with E-state index in [2.05, 4.69) is 19.6 Å². The Bertz CT molecular complexity index is 1350. The summed E-state index contributed by atoms with van der Waals surface area (Å²) in [6.45, 7) is 0.995. The molecule has 2 unspecified atom stereocenters. The van der Waals surface area contributed by atoms with Gasteiger partial charge in [0.05, 0.1) is 42.1 Å². The minimum atomic E-state index is -2.37. The number of methoxy groups -OCH3 is 1. The molecule has 0 radical (unpaired) electrons. The molecule has 2 aromatic carbocycles. The summed E-state index contributed by atoms with van der Waals surface area (Å²) in [6.07, 6.45) is 4.83. The van der Waals surface area contributed by atoms with Crippen molar-refractivity contribution >= 4 is 37.8 Å². The Morgan fingerprint density at radius 3 is 2.82 bits per heavy atom. The summed E-state index contributed by atoms with van der Waals surface area (Å²) in [5.41, 5.74) is 1.56. The number of hydrogen-bond acceptors (Lipinski definition) is 9. The van der Waals surface area contributed by atoms with Gasteiger partial charge in [-0.25, -0.2) is 18.6 Å². The maximum atomic E-state index is 14.1. The SMILES string of the molecule is COc1cc(N=S(C)(C)=O)cc2ncnc(Nc3ccc(F)cc3O[C@@H]3COC4CCOC43)c12. The molecule has 0 aliphatic carbocycles. The summed E-state index contributed by atoms with van der Waals surface area (Å²) in [7, 11) is -0.846. The molecule has 5 rings (SSSR count). The third-order valence-electron chi connectivity index (χ3n) is 5.63. The van der Waals surface area contributed by atoms with Crippen molar-refractivity contribution in [2.75, 3.05) is 38.2 Å². The summed E-state index contributed by atoms with van der Waals surface area (Å²) >= 11 is 0. The Balaban J connectivity index is 1.51. The van der Waals surface area contributed by atoms with E-state index in [1.165, 1.54) is 25.6 Å². The Labute approximate surface area is 196 Å². The molecule has 180 valence electrons. The van der Waals surface area contributed by atoms with Gasteiger partial charge in [0.2, 0.25) is 0 Å². The van der Waals surface area contributed by atoms with E-state index in [0.717, 1.165) is 6.42 Å². The molecule has 3 aromatic rings. The molecule has 1 aromatic heterocycles. The highest BCUT2D eigenvalue weighted by Gasteiger charge is 2.43. The number of rotatable bonds is 6. The van der Waals surface area contributed by atoms with Crippen molar-refractivity contribution in [1.29, 1.82) is 0 Å². The van der Waals surface area contributed by atoms with E-state index in [4.69, 9.17) is 18.9 Å². The third kappa shape index (κ3) is 4.63. The first-order chi connectivity index (χ1) is 16.3. The number of hydrogen-bond donors (Lipinski definition) is 1. The first-order valence-corrected chi connectivity index (χ1v) is 13.1. The molecule has 0 amide bonds. The molecule has 2 saturated heterocycles. The van der Waals surface area contributed by atoms with Gasteiger partial charge in [-0.3, -0.25) is 0 Å². The van der Waals surface area contributed by atoms with Crippen LogP contribution < -0.4 is 14.8 Å². The molecule has 3 atom stereocenters. The largest absolute Gasteiger partial charge is 0.496 e. The average molecular weight is 489 g/mol. The van der Waals surface area contributed by atoms with Gasteiger partial charge >= 0.3 is 0 Å². The van der Waals surface area contributed by atoms with E-state index < -0.39 is 15.5 Å². The standard InChI is InChI=1S/C23H25FN4O5S/c1-30-19-10-14(28-34(2,3)29)9-16-21(19)23(26-12-25-16)27-15-5-4-13(24)8-18(15)33-20-11-32-17-6-7-31-22(17)20/h4-5,8-10,12,17,20,22H,6-7,11H2,1-3H3,(H,25,26,27)/t17?,20-,22?/m1/s1. The highest BCUT2D eigenvalue weighted by atomic mass is 32.2. The monoisotopic (exact) mass is 488 g/mol. The summed E-state index contributed by atoms with van der Waals surface area (Å²) in [5, 5.41) is 3.83. The summed E-state index contributed by atoms with van der Waals surface area (Å²) in [4.78, 5) is 8.71. The first-order valence-electron chi connectivity index (χ1n) is 10.8. The van der Waals surface area contributed by atoms with Crippen LogP contribution >= 0.6 is 0 Å². The maximum absolute atomic E-state index is 14.1. The molecule has 34 heavy (non-hydrogen) atoms. The highest BCUT2D eigenvalue weighted by Crippen LogP contribution is 2.38. The number of nitrogens with zero attached hydrogens (tertiary/aromatic N) is 3. The fourth-order valence-corrected chi connectivity index (χ4v) is 4.83. The smallest absolute Gasteiger partial charge is 0.151 e. The van der Waals surface area contributed by atoms with Crippen LogP contribution in [0.15, 0.2) is 41.0 Å². The molecule has 2 aliphatic heterocycles. The second-order valence-electron chi connectivity index (χ2n) is 8.45. The number of anilines is 2. The summed E-state index contributed by atoms with van der Waals surface area (Å²) in [5.74, 6) is 0.788. The molecule has 2 fully saturated rings. The minimum Gasteiger partial charge on any atom is -0.496 e. The zero-order chi connectivity index (χ0) is 23.9. The number of fused-ring (bicyclic) bond motifs is 2. The van der Waals surface area contributed by atoms with Gasteiger partial charge in [0, 0.05) is 41.0 Å². The van der Waals surface area contributed by atoms with E-state index >= 15 is 0 Å². The van der Waals surface area contributed by atoms with E-state index in [1.807, 2.05) is 0 Å². The Hall–Kier alpha value is -3.02. The normalized spacial score (nSPS) is 21.9. The predicted octanol–water partition coefficient (Wildman–Crippen LogP) is 3.82. The predicted molar refractivity (Wildman–Crippen MR) is 126 cm³/mol. The number of ether oxygens (including phenoxy) is 4. The molecular formula is C23H25FN4O5S. The molecule has 9 nitrogen and oxygen atoms in total. The number of aromatic nitrogens is 2. The molecule has 3 heterocycles. The lowest BCUT2D eigenvalue weighted by molar-refractivity contribution is 0.0310. The van der Waals surface area contributed by atoms with Crippen LogP contribution in [0, 0.1) is 5.82 Å². The van der Waals surface area contributed by atoms with Crippen molar-refractivity contribution < 1.29 is 27.5 Å². The number of nitrogens with one attached hydrogen (secondary N) is 1. The fourth-order valence-electron chi connectivity index (χ4n) is 4.22. The van der Waals surface area contributed by atoms with E-state index in [-0.39, 0.29) is 18.3 Å². The van der Waals surface area contributed by atoms with Gasteiger partial charge in [-0.05, 0) is 24.6 Å². The second-order valence-corrected chi connectivity index (χ2v) is 11.0. The topological polar surface area (TPSA) is 104 Å². The first kappa shape index (κ1) is 22.8. The van der Waals surface area contributed by atoms with Gasteiger partial charge in [-0.1, -0.05) is 0 Å². The van der Waals surface area contributed by atoms with Gasteiger partial charge < -0.3 is 24.3 Å². The number of benzene rings is 2. The molecule has 1 N–H and O–H groups in total. The molecule has 2 aliphatic rings. The van der Waals surface area contributed by atoms with Crippen LogP contribution in [0.3, 0.4) is 0 Å².